The van der Waals surface area contributed by atoms with E-state index in [-0.39, 0.29) is 11.5 Å². The Balaban J connectivity index is 1.26. The molecule has 0 amide bonds. The monoisotopic (exact) mass is 463 g/mol. The molecule has 2 aliphatic rings. The van der Waals surface area contributed by atoms with E-state index in [1.807, 2.05) is 24.3 Å². The van der Waals surface area contributed by atoms with Crippen molar-refractivity contribution in [1.82, 2.24) is 15.2 Å². The third kappa shape index (κ3) is 3.66. The fourth-order valence-electron chi connectivity index (χ4n) is 4.74. The molecule has 1 saturated heterocycles. The van der Waals surface area contributed by atoms with Crippen LogP contribution in [0.4, 0.5) is 11.6 Å². The Labute approximate surface area is 195 Å². The average Bonchev–Trinajstić information content (AvgIpc) is 3.08. The number of halogens is 1. The lowest BCUT2D eigenvalue weighted by molar-refractivity contribution is 0.186. The number of nitrogens with zero attached hydrogens (tertiary/aromatic N) is 5. The zero-order valence-electron chi connectivity index (χ0n) is 17.3. The van der Waals surface area contributed by atoms with Gasteiger partial charge in [-0.25, -0.2) is 4.98 Å². The minimum Gasteiger partial charge on any atom is -0.397 e. The highest BCUT2D eigenvalue weighted by molar-refractivity contribution is 7.99. The van der Waals surface area contributed by atoms with Crippen molar-refractivity contribution in [3.63, 3.8) is 0 Å². The van der Waals surface area contributed by atoms with Crippen LogP contribution in [0, 0.1) is 16.7 Å². The van der Waals surface area contributed by atoms with Crippen LogP contribution in [0.1, 0.15) is 35.6 Å². The predicted molar refractivity (Wildman–Crippen MR) is 125 cm³/mol. The number of fused-ring (bicyclic) bond motifs is 1. The van der Waals surface area contributed by atoms with E-state index in [4.69, 9.17) is 23.1 Å². The molecule has 1 aliphatic carbocycles. The summed E-state index contributed by atoms with van der Waals surface area (Å²) in [4.78, 5) is 7.52. The lowest BCUT2D eigenvalue weighted by Crippen LogP contribution is -2.45. The Morgan fingerprint density at radius 3 is 2.72 bits per heavy atom. The van der Waals surface area contributed by atoms with Gasteiger partial charge in [-0.2, -0.15) is 5.26 Å². The highest BCUT2D eigenvalue weighted by atomic mass is 35.5. The molecular weight excluding hydrogens is 442 g/mol. The van der Waals surface area contributed by atoms with Crippen molar-refractivity contribution >= 4 is 35.0 Å². The van der Waals surface area contributed by atoms with E-state index >= 15 is 0 Å². The molecule has 1 aliphatic heterocycles. The largest absolute Gasteiger partial charge is 0.397 e. The predicted octanol–water partition coefficient (Wildman–Crippen LogP) is 3.97. The van der Waals surface area contributed by atoms with Crippen LogP contribution in [0.3, 0.4) is 0 Å². The summed E-state index contributed by atoms with van der Waals surface area (Å²) >= 11 is 7.66. The van der Waals surface area contributed by atoms with Crippen LogP contribution < -0.4 is 16.4 Å². The molecule has 32 heavy (non-hydrogen) atoms. The van der Waals surface area contributed by atoms with E-state index in [1.165, 1.54) is 17.3 Å². The standard InChI is InChI=1S/C23H22ClN7S/c24-20-17(26)2-1-3-18(20)32-19-13-28-22(30-29-19)31-8-6-23(7-9-31)11-15-5-4-14(12-25)10-16(15)21(23)27/h1-5,10,13,21H,6-9,11,26-27H2/t21-/m1/s1. The minimum atomic E-state index is -0.0474. The van der Waals surface area contributed by atoms with Crippen molar-refractivity contribution in [2.45, 2.75) is 35.2 Å². The van der Waals surface area contributed by atoms with Gasteiger partial charge in [-0.1, -0.05) is 35.5 Å². The highest BCUT2D eigenvalue weighted by Gasteiger charge is 2.46. The quantitative estimate of drug-likeness (QED) is 0.560. The summed E-state index contributed by atoms with van der Waals surface area (Å²) in [5, 5.41) is 19.1. The smallest absolute Gasteiger partial charge is 0.245 e. The lowest BCUT2D eigenvalue weighted by atomic mass is 9.73. The van der Waals surface area contributed by atoms with Crippen LogP contribution in [-0.4, -0.2) is 28.3 Å². The van der Waals surface area contributed by atoms with E-state index in [0.29, 0.717) is 27.2 Å². The van der Waals surface area contributed by atoms with Crippen molar-refractivity contribution < 1.29 is 0 Å². The van der Waals surface area contributed by atoms with Crippen molar-refractivity contribution in [2.24, 2.45) is 11.1 Å². The van der Waals surface area contributed by atoms with Gasteiger partial charge in [0.25, 0.3) is 0 Å². The number of nitriles is 1. The summed E-state index contributed by atoms with van der Waals surface area (Å²) in [5.41, 5.74) is 16.2. The maximum atomic E-state index is 9.21. The minimum absolute atomic E-state index is 0.0279. The SMILES string of the molecule is N#Cc1ccc2c(c1)[C@@H](N)C1(CCN(c3ncc(Sc4cccc(N)c4Cl)nn3)CC1)C2. The molecule has 1 spiro atoms. The summed E-state index contributed by atoms with van der Waals surface area (Å²) in [6, 6.07) is 13.6. The molecule has 0 unspecified atom stereocenters. The number of anilines is 2. The first-order chi connectivity index (χ1) is 15.5. The molecule has 1 aromatic heterocycles. The Morgan fingerprint density at radius 2 is 2.00 bits per heavy atom. The number of hydrogen-bond donors (Lipinski definition) is 2. The molecule has 0 radical (unpaired) electrons. The van der Waals surface area contributed by atoms with E-state index in [0.717, 1.165) is 42.8 Å². The number of nitrogen functional groups attached to an aromatic ring is 1. The second-order valence-corrected chi connectivity index (χ2v) is 9.83. The third-order valence-corrected chi connectivity index (χ3v) is 8.08. The van der Waals surface area contributed by atoms with E-state index in [1.54, 1.807) is 12.3 Å². The second-order valence-electron chi connectivity index (χ2n) is 8.39. The molecule has 1 atom stereocenters. The number of benzene rings is 2. The lowest BCUT2D eigenvalue weighted by Gasteiger charge is -2.42. The Bertz CT molecular complexity index is 1200. The summed E-state index contributed by atoms with van der Waals surface area (Å²) in [7, 11) is 0. The topological polar surface area (TPSA) is 118 Å². The molecule has 5 rings (SSSR count). The van der Waals surface area contributed by atoms with Gasteiger partial charge in [-0.15, -0.1) is 10.2 Å². The molecule has 2 aromatic carbocycles. The van der Waals surface area contributed by atoms with Crippen LogP contribution >= 0.6 is 23.4 Å². The fourth-order valence-corrected chi connectivity index (χ4v) is 5.75. The van der Waals surface area contributed by atoms with Crippen molar-refractivity contribution in [2.75, 3.05) is 23.7 Å². The van der Waals surface area contributed by atoms with Crippen LogP contribution in [0.25, 0.3) is 0 Å². The average molecular weight is 464 g/mol. The van der Waals surface area contributed by atoms with Crippen LogP contribution in [0.2, 0.25) is 5.02 Å². The zero-order valence-corrected chi connectivity index (χ0v) is 18.9. The number of piperidine rings is 1. The fraction of sp³-hybridized carbons (Fsp3) is 0.304. The zero-order chi connectivity index (χ0) is 22.3. The number of nitrogens with two attached hydrogens (primary N) is 2. The first kappa shape index (κ1) is 21.0. The first-order valence-corrected chi connectivity index (χ1v) is 11.6. The molecule has 3 aromatic rings. The normalized spacial score (nSPS) is 19.0. The summed E-state index contributed by atoms with van der Waals surface area (Å²) < 4.78 is 0. The highest BCUT2D eigenvalue weighted by Crippen LogP contribution is 2.51. The van der Waals surface area contributed by atoms with Gasteiger partial charge in [0.1, 0.15) is 5.03 Å². The number of aromatic nitrogens is 3. The van der Waals surface area contributed by atoms with Gasteiger partial charge in [-0.3, -0.25) is 0 Å². The molecule has 2 heterocycles. The maximum Gasteiger partial charge on any atom is 0.245 e. The van der Waals surface area contributed by atoms with Crippen molar-refractivity contribution in [1.29, 1.82) is 5.26 Å². The molecule has 1 fully saturated rings. The van der Waals surface area contributed by atoms with Gasteiger partial charge < -0.3 is 16.4 Å². The van der Waals surface area contributed by atoms with Crippen molar-refractivity contribution in [3.05, 3.63) is 64.3 Å². The molecule has 9 heteroatoms. The molecule has 4 N–H and O–H groups in total. The first-order valence-electron chi connectivity index (χ1n) is 10.4. The molecule has 7 nitrogen and oxygen atoms in total. The van der Waals surface area contributed by atoms with Gasteiger partial charge in [0.2, 0.25) is 5.95 Å². The summed E-state index contributed by atoms with van der Waals surface area (Å²) in [5.74, 6) is 0.624. The third-order valence-electron chi connectivity index (χ3n) is 6.59. The van der Waals surface area contributed by atoms with E-state index < -0.39 is 0 Å². The molecule has 0 bridgehead atoms. The van der Waals surface area contributed by atoms with Gasteiger partial charge in [0.15, 0.2) is 0 Å². The Hall–Kier alpha value is -2.86. The van der Waals surface area contributed by atoms with Crippen molar-refractivity contribution in [3.8, 4) is 6.07 Å². The second kappa shape index (κ2) is 8.24. The molecular formula is C23H22ClN7S. The van der Waals surface area contributed by atoms with Crippen LogP contribution in [-0.2, 0) is 6.42 Å². The van der Waals surface area contributed by atoms with E-state index in [9.17, 15) is 5.26 Å². The van der Waals surface area contributed by atoms with Crippen LogP contribution in [0.5, 0.6) is 0 Å². The Kier molecular flexibility index (Phi) is 5.41. The van der Waals surface area contributed by atoms with Gasteiger partial charge in [0, 0.05) is 24.0 Å². The molecule has 162 valence electrons. The van der Waals surface area contributed by atoms with E-state index in [2.05, 4.69) is 32.2 Å². The number of hydrogen-bond acceptors (Lipinski definition) is 8. The van der Waals surface area contributed by atoms with Gasteiger partial charge in [0.05, 0.1) is 28.5 Å². The van der Waals surface area contributed by atoms with Gasteiger partial charge in [-0.05, 0) is 60.1 Å². The maximum absolute atomic E-state index is 9.21. The Morgan fingerprint density at radius 1 is 1.19 bits per heavy atom. The summed E-state index contributed by atoms with van der Waals surface area (Å²) in [6.45, 7) is 1.64. The summed E-state index contributed by atoms with van der Waals surface area (Å²) in [6.07, 6.45) is 4.57. The number of rotatable bonds is 3. The van der Waals surface area contributed by atoms with Crippen LogP contribution in [0.15, 0.2) is 52.5 Å². The van der Waals surface area contributed by atoms with Gasteiger partial charge >= 0.3 is 0 Å². The molecule has 0 saturated carbocycles.